The van der Waals surface area contributed by atoms with Crippen LogP contribution in [0.1, 0.15) is 25.7 Å². The lowest BCUT2D eigenvalue weighted by molar-refractivity contribution is 0.167. The highest BCUT2D eigenvalue weighted by atomic mass is 35.5. The van der Waals surface area contributed by atoms with Crippen molar-refractivity contribution in [1.29, 1.82) is 0 Å². The normalized spacial score (nSPS) is 17.2. The molecule has 0 spiro atoms. The molecule has 0 saturated heterocycles. The summed E-state index contributed by atoms with van der Waals surface area (Å²) < 4.78 is 0. The van der Waals surface area contributed by atoms with E-state index in [9.17, 15) is 9.90 Å². The van der Waals surface area contributed by atoms with Gasteiger partial charge < -0.3 is 15.7 Å². The smallest absolute Gasteiger partial charge is 0.319 e. The molecule has 0 unspecified atom stereocenters. The molecule has 2 amide bonds. The van der Waals surface area contributed by atoms with Crippen molar-refractivity contribution in [3.05, 3.63) is 28.2 Å². The highest BCUT2D eigenvalue weighted by molar-refractivity contribution is 6.35. The molecule has 0 radical (unpaired) electrons. The molecule has 0 aliphatic heterocycles. The molecule has 0 atom stereocenters. The van der Waals surface area contributed by atoms with Crippen LogP contribution < -0.4 is 10.6 Å². The molecule has 0 aromatic heterocycles. The lowest BCUT2D eigenvalue weighted by atomic mass is 9.99. The predicted molar refractivity (Wildman–Crippen MR) is 76.9 cm³/mol. The van der Waals surface area contributed by atoms with Crippen molar-refractivity contribution in [3.8, 4) is 0 Å². The van der Waals surface area contributed by atoms with Crippen LogP contribution in [0.2, 0.25) is 10.0 Å². The van der Waals surface area contributed by atoms with Gasteiger partial charge in [-0.25, -0.2) is 4.79 Å². The highest BCUT2D eigenvalue weighted by Gasteiger charge is 2.34. The fourth-order valence-electron chi connectivity index (χ4n) is 2.36. The minimum atomic E-state index is -0.505. The minimum absolute atomic E-state index is 0.0519. The first-order valence-corrected chi connectivity index (χ1v) is 6.95. The second-order valence-electron chi connectivity index (χ2n) is 4.85. The average molecular weight is 303 g/mol. The molecule has 1 saturated carbocycles. The molecular weight excluding hydrogens is 287 g/mol. The van der Waals surface area contributed by atoms with Crippen molar-refractivity contribution in [2.24, 2.45) is 0 Å². The molecule has 19 heavy (non-hydrogen) atoms. The maximum atomic E-state index is 12.0. The fourth-order valence-corrected chi connectivity index (χ4v) is 2.70. The van der Waals surface area contributed by atoms with Crippen molar-refractivity contribution in [1.82, 2.24) is 5.32 Å². The number of nitrogens with one attached hydrogen (secondary N) is 2. The Morgan fingerprint density at radius 1 is 1.32 bits per heavy atom. The molecule has 1 aliphatic rings. The molecule has 1 aliphatic carbocycles. The Balaban J connectivity index is 2.03. The van der Waals surface area contributed by atoms with Crippen LogP contribution in [0.3, 0.4) is 0 Å². The summed E-state index contributed by atoms with van der Waals surface area (Å²) in [7, 11) is 0. The number of aliphatic hydroxyl groups is 1. The summed E-state index contributed by atoms with van der Waals surface area (Å²) in [5, 5.41) is 15.9. The number of rotatable bonds is 3. The molecule has 1 aromatic carbocycles. The van der Waals surface area contributed by atoms with E-state index < -0.39 is 5.54 Å². The van der Waals surface area contributed by atoms with Gasteiger partial charge in [-0.2, -0.15) is 0 Å². The maximum Gasteiger partial charge on any atom is 0.319 e. The van der Waals surface area contributed by atoms with Gasteiger partial charge in [-0.15, -0.1) is 0 Å². The molecule has 1 aromatic rings. The Morgan fingerprint density at radius 2 is 2.00 bits per heavy atom. The predicted octanol–water partition coefficient (Wildman–Crippen LogP) is 3.42. The first kappa shape index (κ1) is 14.4. The quantitative estimate of drug-likeness (QED) is 0.801. The van der Waals surface area contributed by atoms with Gasteiger partial charge in [0, 0.05) is 5.02 Å². The van der Waals surface area contributed by atoms with E-state index in [-0.39, 0.29) is 12.6 Å². The fraction of sp³-hybridized carbons (Fsp3) is 0.462. The number of urea groups is 1. The monoisotopic (exact) mass is 302 g/mol. The summed E-state index contributed by atoms with van der Waals surface area (Å²) in [6.07, 6.45) is 3.61. The molecular formula is C13H16Cl2N2O2. The zero-order chi connectivity index (χ0) is 13.9. The van der Waals surface area contributed by atoms with E-state index >= 15 is 0 Å². The van der Waals surface area contributed by atoms with Gasteiger partial charge in [0.1, 0.15) is 0 Å². The van der Waals surface area contributed by atoms with Gasteiger partial charge in [0.15, 0.2) is 0 Å². The number of anilines is 1. The van der Waals surface area contributed by atoms with E-state index in [1.165, 1.54) is 0 Å². The number of carbonyl (C=O) groups is 1. The van der Waals surface area contributed by atoms with Crippen LogP contribution in [0, 0.1) is 0 Å². The Morgan fingerprint density at radius 3 is 2.63 bits per heavy atom. The first-order chi connectivity index (χ1) is 9.04. The Bertz CT molecular complexity index is 474. The Labute approximate surface area is 122 Å². The Hall–Kier alpha value is -0.970. The standard InChI is InChI=1S/C13H16Cl2N2O2/c14-9-3-4-10(15)11(7-9)16-12(19)17-13(8-18)5-1-2-6-13/h3-4,7,18H,1-2,5-6,8H2,(H2,16,17,19). The SMILES string of the molecule is O=C(Nc1cc(Cl)ccc1Cl)NC1(CO)CCCC1. The van der Waals surface area contributed by atoms with Crippen LogP contribution >= 0.6 is 23.2 Å². The second-order valence-corrected chi connectivity index (χ2v) is 5.69. The number of benzene rings is 1. The molecule has 4 nitrogen and oxygen atoms in total. The topological polar surface area (TPSA) is 61.4 Å². The van der Waals surface area contributed by atoms with E-state index in [0.717, 1.165) is 25.7 Å². The van der Waals surface area contributed by atoms with Crippen molar-refractivity contribution in [3.63, 3.8) is 0 Å². The van der Waals surface area contributed by atoms with Gasteiger partial charge in [-0.05, 0) is 31.0 Å². The van der Waals surface area contributed by atoms with Gasteiger partial charge in [-0.3, -0.25) is 0 Å². The number of aliphatic hydroxyl groups excluding tert-OH is 1. The summed E-state index contributed by atoms with van der Waals surface area (Å²) in [6, 6.07) is 4.49. The van der Waals surface area contributed by atoms with Crippen LogP contribution in [0.15, 0.2) is 18.2 Å². The minimum Gasteiger partial charge on any atom is -0.394 e. The lowest BCUT2D eigenvalue weighted by Gasteiger charge is -2.28. The molecule has 1 fully saturated rings. The maximum absolute atomic E-state index is 12.0. The third-order valence-electron chi connectivity index (χ3n) is 3.42. The van der Waals surface area contributed by atoms with E-state index in [1.54, 1.807) is 18.2 Å². The number of halogens is 2. The summed E-state index contributed by atoms with van der Waals surface area (Å²) >= 11 is 11.8. The van der Waals surface area contributed by atoms with E-state index in [4.69, 9.17) is 23.2 Å². The summed E-state index contributed by atoms with van der Waals surface area (Å²) in [5.74, 6) is 0. The number of carbonyl (C=O) groups excluding carboxylic acids is 1. The Kier molecular flexibility index (Phi) is 4.55. The molecule has 6 heteroatoms. The molecule has 0 bridgehead atoms. The van der Waals surface area contributed by atoms with Crippen LogP contribution in [-0.2, 0) is 0 Å². The molecule has 0 heterocycles. The van der Waals surface area contributed by atoms with Crippen LogP contribution in [0.5, 0.6) is 0 Å². The van der Waals surface area contributed by atoms with Crippen LogP contribution in [0.25, 0.3) is 0 Å². The third kappa shape index (κ3) is 3.53. The number of hydrogen-bond acceptors (Lipinski definition) is 2. The summed E-state index contributed by atoms with van der Waals surface area (Å²) in [5.41, 5.74) is -0.0486. The summed E-state index contributed by atoms with van der Waals surface area (Å²) in [6.45, 7) is -0.0519. The molecule has 104 valence electrons. The zero-order valence-corrected chi connectivity index (χ0v) is 11.9. The van der Waals surface area contributed by atoms with Crippen molar-refractivity contribution in [2.75, 3.05) is 11.9 Å². The van der Waals surface area contributed by atoms with E-state index in [0.29, 0.717) is 15.7 Å². The van der Waals surface area contributed by atoms with Crippen molar-refractivity contribution >= 4 is 34.9 Å². The van der Waals surface area contributed by atoms with Gasteiger partial charge in [0.25, 0.3) is 0 Å². The molecule has 2 rings (SSSR count). The second kappa shape index (κ2) is 5.99. The number of amides is 2. The van der Waals surface area contributed by atoms with Gasteiger partial charge in [0.05, 0.1) is 22.9 Å². The molecule has 3 N–H and O–H groups in total. The van der Waals surface area contributed by atoms with Gasteiger partial charge in [0.2, 0.25) is 0 Å². The number of hydrogen-bond donors (Lipinski definition) is 3. The van der Waals surface area contributed by atoms with Gasteiger partial charge >= 0.3 is 6.03 Å². The average Bonchev–Trinajstić information content (AvgIpc) is 2.83. The third-order valence-corrected chi connectivity index (χ3v) is 3.98. The van der Waals surface area contributed by atoms with E-state index in [2.05, 4.69) is 10.6 Å². The van der Waals surface area contributed by atoms with Crippen LogP contribution in [-0.4, -0.2) is 23.3 Å². The van der Waals surface area contributed by atoms with Crippen molar-refractivity contribution in [2.45, 2.75) is 31.2 Å². The van der Waals surface area contributed by atoms with E-state index in [1.807, 2.05) is 0 Å². The highest BCUT2D eigenvalue weighted by Crippen LogP contribution is 2.30. The van der Waals surface area contributed by atoms with Gasteiger partial charge in [-0.1, -0.05) is 36.0 Å². The van der Waals surface area contributed by atoms with Crippen molar-refractivity contribution < 1.29 is 9.90 Å². The first-order valence-electron chi connectivity index (χ1n) is 6.20. The largest absolute Gasteiger partial charge is 0.394 e. The van der Waals surface area contributed by atoms with Crippen LogP contribution in [0.4, 0.5) is 10.5 Å². The lowest BCUT2D eigenvalue weighted by Crippen LogP contribution is -2.50. The zero-order valence-electron chi connectivity index (χ0n) is 10.4. The summed E-state index contributed by atoms with van der Waals surface area (Å²) in [4.78, 5) is 12.0.